The molecule has 0 aromatic carbocycles. The van der Waals surface area contributed by atoms with Crippen molar-refractivity contribution >= 4 is 11.9 Å². The van der Waals surface area contributed by atoms with Gasteiger partial charge in [0.1, 0.15) is 0 Å². The van der Waals surface area contributed by atoms with Gasteiger partial charge in [-0.1, -0.05) is 32.9 Å². The number of carboxylic acid groups (broad SMARTS) is 2. The van der Waals surface area contributed by atoms with Gasteiger partial charge in [-0.3, -0.25) is 0 Å². The van der Waals surface area contributed by atoms with Gasteiger partial charge in [0.2, 0.25) is 0 Å². The highest BCUT2D eigenvalue weighted by Gasteiger charge is 2.28. The smallest absolute Gasteiger partial charge is 0.331 e. The Labute approximate surface area is 108 Å². The van der Waals surface area contributed by atoms with Gasteiger partial charge in [-0.25, -0.2) is 9.59 Å². The monoisotopic (exact) mass is 254 g/mol. The number of aliphatic carboxylic acids is 2. The third kappa shape index (κ3) is 7.65. The van der Waals surface area contributed by atoms with Gasteiger partial charge in [0.25, 0.3) is 0 Å². The molecule has 1 rings (SSSR count). The summed E-state index contributed by atoms with van der Waals surface area (Å²) in [7, 11) is 0. The Kier molecular flexibility index (Phi) is 7.76. The zero-order valence-electron chi connectivity index (χ0n) is 10.9. The molecule has 0 aromatic heterocycles. The molecule has 1 aliphatic carbocycles. The number of carboxylic acids is 2. The number of hydrogen-bond donors (Lipinski definition) is 2. The number of carbonyl (C=O) groups is 2. The lowest BCUT2D eigenvalue weighted by Gasteiger charge is -1.97. The van der Waals surface area contributed by atoms with Gasteiger partial charge in [0, 0.05) is 11.1 Å². The number of rotatable bonds is 7. The molecular formula is C14H22O4. The van der Waals surface area contributed by atoms with Crippen LogP contribution in [0.4, 0.5) is 0 Å². The highest BCUT2D eigenvalue weighted by molar-refractivity contribution is 5.87. The molecule has 0 amide bonds. The standard InChI is InChI=1S/C8H14O2.C6H8O2/c1-3-4-5-6-7(2)8(9)10;1-4(6(7)8)5-2-3-5/h2-6H2,1H3,(H,9,10);5H,1-3H2,(H,7,8). The molecule has 0 unspecified atom stereocenters. The van der Waals surface area contributed by atoms with Crippen molar-refractivity contribution in [1.29, 1.82) is 0 Å². The summed E-state index contributed by atoms with van der Waals surface area (Å²) in [4.78, 5) is 20.3. The summed E-state index contributed by atoms with van der Waals surface area (Å²) in [6.45, 7) is 8.93. The van der Waals surface area contributed by atoms with Gasteiger partial charge < -0.3 is 10.2 Å². The van der Waals surface area contributed by atoms with Crippen LogP contribution >= 0.6 is 0 Å². The van der Waals surface area contributed by atoms with Crippen LogP contribution in [0.25, 0.3) is 0 Å². The Bertz CT molecular complexity index is 327. The third-order valence-corrected chi connectivity index (χ3v) is 2.73. The van der Waals surface area contributed by atoms with Crippen LogP contribution in [0.3, 0.4) is 0 Å². The van der Waals surface area contributed by atoms with Gasteiger partial charge in [-0.15, -0.1) is 0 Å². The first kappa shape index (κ1) is 16.4. The van der Waals surface area contributed by atoms with E-state index in [9.17, 15) is 9.59 Å². The lowest BCUT2D eigenvalue weighted by atomic mass is 10.1. The molecule has 102 valence electrons. The second-order valence-electron chi connectivity index (χ2n) is 4.47. The fourth-order valence-electron chi connectivity index (χ4n) is 1.30. The van der Waals surface area contributed by atoms with Crippen molar-refractivity contribution in [3.05, 3.63) is 24.3 Å². The van der Waals surface area contributed by atoms with E-state index in [4.69, 9.17) is 10.2 Å². The van der Waals surface area contributed by atoms with Crippen LogP contribution in [0.15, 0.2) is 24.3 Å². The van der Waals surface area contributed by atoms with Crippen molar-refractivity contribution in [2.75, 3.05) is 0 Å². The first-order valence-corrected chi connectivity index (χ1v) is 6.23. The Morgan fingerprint density at radius 2 is 1.67 bits per heavy atom. The molecule has 2 N–H and O–H groups in total. The summed E-state index contributed by atoms with van der Waals surface area (Å²) >= 11 is 0. The van der Waals surface area contributed by atoms with E-state index in [2.05, 4.69) is 20.1 Å². The molecule has 0 aliphatic heterocycles. The lowest BCUT2D eigenvalue weighted by Crippen LogP contribution is -1.99. The molecule has 4 heteroatoms. The first-order valence-electron chi connectivity index (χ1n) is 6.23. The zero-order valence-corrected chi connectivity index (χ0v) is 10.9. The van der Waals surface area contributed by atoms with Gasteiger partial charge in [-0.05, 0) is 31.6 Å². The van der Waals surface area contributed by atoms with Crippen LogP contribution in [0.1, 0.15) is 45.4 Å². The molecule has 0 saturated heterocycles. The van der Waals surface area contributed by atoms with Crippen molar-refractivity contribution in [3.8, 4) is 0 Å². The first-order chi connectivity index (χ1) is 8.40. The van der Waals surface area contributed by atoms with Gasteiger partial charge in [0.15, 0.2) is 0 Å². The molecule has 0 aromatic rings. The molecule has 0 atom stereocenters. The van der Waals surface area contributed by atoms with Crippen molar-refractivity contribution in [3.63, 3.8) is 0 Å². The molecule has 1 saturated carbocycles. The zero-order chi connectivity index (χ0) is 14.1. The second kappa shape index (κ2) is 8.50. The van der Waals surface area contributed by atoms with Gasteiger partial charge in [-0.2, -0.15) is 0 Å². The van der Waals surface area contributed by atoms with Crippen molar-refractivity contribution in [2.45, 2.75) is 45.4 Å². The van der Waals surface area contributed by atoms with Gasteiger partial charge in [0.05, 0.1) is 0 Å². The summed E-state index contributed by atoms with van der Waals surface area (Å²) in [5.41, 5.74) is 0.707. The number of unbranched alkanes of at least 4 members (excludes halogenated alkanes) is 2. The van der Waals surface area contributed by atoms with Crippen molar-refractivity contribution < 1.29 is 19.8 Å². The quantitative estimate of drug-likeness (QED) is 0.540. The van der Waals surface area contributed by atoms with Crippen LogP contribution in [0.5, 0.6) is 0 Å². The summed E-state index contributed by atoms with van der Waals surface area (Å²) < 4.78 is 0. The van der Waals surface area contributed by atoms with E-state index >= 15 is 0 Å². The fourth-order valence-corrected chi connectivity index (χ4v) is 1.30. The summed E-state index contributed by atoms with van der Waals surface area (Å²) in [6.07, 6.45) is 5.82. The molecule has 18 heavy (non-hydrogen) atoms. The summed E-state index contributed by atoms with van der Waals surface area (Å²) in [5.74, 6) is -1.41. The van der Waals surface area contributed by atoms with Crippen LogP contribution < -0.4 is 0 Å². The van der Waals surface area contributed by atoms with Crippen molar-refractivity contribution in [2.24, 2.45) is 5.92 Å². The third-order valence-electron chi connectivity index (χ3n) is 2.73. The predicted molar refractivity (Wildman–Crippen MR) is 70.4 cm³/mol. The van der Waals surface area contributed by atoms with E-state index in [0.717, 1.165) is 32.1 Å². The Morgan fingerprint density at radius 3 is 1.94 bits per heavy atom. The maximum absolute atomic E-state index is 10.2. The van der Waals surface area contributed by atoms with E-state index in [0.29, 0.717) is 23.5 Å². The Hall–Kier alpha value is -1.58. The summed E-state index contributed by atoms with van der Waals surface area (Å²) in [6, 6.07) is 0. The van der Waals surface area contributed by atoms with Crippen LogP contribution in [-0.2, 0) is 9.59 Å². The highest BCUT2D eigenvalue weighted by Crippen LogP contribution is 2.35. The molecular weight excluding hydrogens is 232 g/mol. The van der Waals surface area contributed by atoms with E-state index < -0.39 is 11.9 Å². The Morgan fingerprint density at radius 1 is 1.11 bits per heavy atom. The van der Waals surface area contributed by atoms with Crippen LogP contribution in [-0.4, -0.2) is 22.2 Å². The maximum atomic E-state index is 10.2. The van der Waals surface area contributed by atoms with Gasteiger partial charge >= 0.3 is 11.9 Å². The maximum Gasteiger partial charge on any atom is 0.331 e. The molecule has 0 bridgehead atoms. The van der Waals surface area contributed by atoms with E-state index in [-0.39, 0.29) is 0 Å². The number of hydrogen-bond acceptors (Lipinski definition) is 2. The second-order valence-corrected chi connectivity index (χ2v) is 4.47. The molecule has 0 spiro atoms. The van der Waals surface area contributed by atoms with E-state index in [1.165, 1.54) is 0 Å². The van der Waals surface area contributed by atoms with E-state index in [1.807, 2.05) is 0 Å². The lowest BCUT2D eigenvalue weighted by molar-refractivity contribution is -0.133. The minimum absolute atomic E-state index is 0.299. The molecule has 1 fully saturated rings. The molecule has 4 nitrogen and oxygen atoms in total. The molecule has 0 heterocycles. The molecule has 1 aliphatic rings. The van der Waals surface area contributed by atoms with Crippen LogP contribution in [0.2, 0.25) is 0 Å². The largest absolute Gasteiger partial charge is 0.478 e. The summed E-state index contributed by atoms with van der Waals surface area (Å²) in [5, 5.41) is 16.7. The Balaban J connectivity index is 0.000000327. The molecule has 0 radical (unpaired) electrons. The SMILES string of the molecule is C=C(C(=O)O)C1CC1.C=C(CCCCC)C(=O)O. The average Bonchev–Trinajstić information content (AvgIpc) is 3.12. The van der Waals surface area contributed by atoms with Crippen LogP contribution in [0, 0.1) is 5.92 Å². The average molecular weight is 254 g/mol. The topological polar surface area (TPSA) is 74.6 Å². The van der Waals surface area contributed by atoms with E-state index in [1.54, 1.807) is 0 Å². The highest BCUT2D eigenvalue weighted by atomic mass is 16.4. The minimum atomic E-state index is -0.865. The van der Waals surface area contributed by atoms with Crippen molar-refractivity contribution in [1.82, 2.24) is 0 Å². The fraction of sp³-hybridized carbons (Fsp3) is 0.571. The minimum Gasteiger partial charge on any atom is -0.478 e. The predicted octanol–water partition coefficient (Wildman–Crippen LogP) is 3.24. The normalized spacial score (nSPS) is 13.2.